The number of anilines is 1. The predicted molar refractivity (Wildman–Crippen MR) is 90.6 cm³/mol. The smallest absolute Gasteiger partial charge is 0.265 e. The summed E-state index contributed by atoms with van der Waals surface area (Å²) in [5, 5.41) is 6.64. The number of nitrogens with zero attached hydrogens (tertiary/aromatic N) is 1. The summed E-state index contributed by atoms with van der Waals surface area (Å²) < 4.78 is 33.3. The van der Waals surface area contributed by atoms with Gasteiger partial charge in [-0.15, -0.1) is 0 Å². The lowest BCUT2D eigenvalue weighted by atomic mass is 9.87. The number of aromatic nitrogens is 2. The van der Waals surface area contributed by atoms with Gasteiger partial charge in [-0.2, -0.15) is 5.10 Å². The van der Waals surface area contributed by atoms with Gasteiger partial charge in [0.25, 0.3) is 10.0 Å². The number of aryl methyl sites for hydroxylation is 2. The zero-order valence-corrected chi connectivity index (χ0v) is 15.1. The van der Waals surface area contributed by atoms with Gasteiger partial charge < -0.3 is 4.74 Å². The van der Waals surface area contributed by atoms with E-state index in [2.05, 4.69) is 35.7 Å². The van der Waals surface area contributed by atoms with Crippen LogP contribution in [-0.4, -0.2) is 25.7 Å². The molecule has 2 N–H and O–H groups in total. The van der Waals surface area contributed by atoms with Crippen LogP contribution in [0.25, 0.3) is 0 Å². The summed E-state index contributed by atoms with van der Waals surface area (Å²) in [5.41, 5.74) is 2.26. The number of rotatable bonds is 4. The van der Waals surface area contributed by atoms with Crippen molar-refractivity contribution in [3.05, 3.63) is 35.2 Å². The van der Waals surface area contributed by atoms with Gasteiger partial charge in [0, 0.05) is 0 Å². The van der Waals surface area contributed by atoms with Crippen molar-refractivity contribution < 1.29 is 13.2 Å². The van der Waals surface area contributed by atoms with E-state index < -0.39 is 10.0 Å². The molecule has 7 heteroatoms. The van der Waals surface area contributed by atoms with Crippen molar-refractivity contribution in [2.24, 2.45) is 0 Å². The molecule has 0 saturated heterocycles. The Morgan fingerprint density at radius 3 is 2.35 bits per heavy atom. The van der Waals surface area contributed by atoms with E-state index in [0.29, 0.717) is 22.8 Å². The van der Waals surface area contributed by atoms with Crippen LogP contribution in [0.15, 0.2) is 23.1 Å². The number of nitrogens with one attached hydrogen (secondary N) is 2. The molecule has 23 heavy (non-hydrogen) atoms. The van der Waals surface area contributed by atoms with E-state index in [-0.39, 0.29) is 10.3 Å². The topological polar surface area (TPSA) is 84.1 Å². The van der Waals surface area contributed by atoms with Gasteiger partial charge in [0.05, 0.1) is 24.2 Å². The lowest BCUT2D eigenvalue weighted by Crippen LogP contribution is -2.17. The van der Waals surface area contributed by atoms with Gasteiger partial charge in [-0.1, -0.05) is 26.8 Å². The molecule has 1 heterocycles. The molecule has 1 aromatic heterocycles. The summed E-state index contributed by atoms with van der Waals surface area (Å²) in [6.45, 7) is 9.53. The number of ether oxygens (including phenoxy) is 1. The lowest BCUT2D eigenvalue weighted by Gasteiger charge is -2.21. The van der Waals surface area contributed by atoms with Crippen LogP contribution in [0.2, 0.25) is 0 Å². The third-order valence-electron chi connectivity index (χ3n) is 3.64. The molecule has 6 nitrogen and oxygen atoms in total. The number of sulfonamides is 1. The van der Waals surface area contributed by atoms with E-state index in [4.69, 9.17) is 4.74 Å². The van der Waals surface area contributed by atoms with Crippen molar-refractivity contribution in [2.75, 3.05) is 11.8 Å². The van der Waals surface area contributed by atoms with Crippen LogP contribution in [0.1, 0.15) is 37.7 Å². The zero-order chi connectivity index (χ0) is 17.4. The molecule has 126 valence electrons. The molecule has 2 aromatic rings. The molecule has 0 unspecified atom stereocenters. The van der Waals surface area contributed by atoms with Gasteiger partial charge in [-0.05, 0) is 37.0 Å². The molecule has 0 amide bonds. The Balaban J connectivity index is 2.50. The SMILES string of the molecule is COc1ccc(C(C)(C)C)cc1NS(=O)(=O)c1c(C)n[nH]c1C. The van der Waals surface area contributed by atoms with Gasteiger partial charge in [-0.3, -0.25) is 9.82 Å². The van der Waals surface area contributed by atoms with Gasteiger partial charge >= 0.3 is 0 Å². The summed E-state index contributed by atoms with van der Waals surface area (Å²) in [4.78, 5) is 0.167. The Bertz CT molecular complexity index is 798. The van der Waals surface area contributed by atoms with Crippen LogP contribution in [0.5, 0.6) is 5.75 Å². The maximum Gasteiger partial charge on any atom is 0.265 e. The normalized spacial score (nSPS) is 12.3. The summed E-state index contributed by atoms with van der Waals surface area (Å²) >= 11 is 0. The number of hydrogen-bond acceptors (Lipinski definition) is 4. The Morgan fingerprint density at radius 2 is 1.87 bits per heavy atom. The maximum absolute atomic E-state index is 12.7. The predicted octanol–water partition coefficient (Wildman–Crippen LogP) is 3.13. The van der Waals surface area contributed by atoms with Gasteiger partial charge in [0.2, 0.25) is 0 Å². The number of aromatic amines is 1. The number of benzene rings is 1. The van der Waals surface area contributed by atoms with E-state index in [9.17, 15) is 8.42 Å². The fourth-order valence-corrected chi connectivity index (χ4v) is 3.82. The molecule has 0 radical (unpaired) electrons. The van der Waals surface area contributed by atoms with Crippen LogP contribution in [-0.2, 0) is 15.4 Å². The van der Waals surface area contributed by atoms with E-state index in [1.807, 2.05) is 6.07 Å². The Hall–Kier alpha value is -2.02. The summed E-state index contributed by atoms with van der Waals surface area (Å²) in [6, 6.07) is 5.51. The highest BCUT2D eigenvalue weighted by molar-refractivity contribution is 7.92. The van der Waals surface area contributed by atoms with Crippen molar-refractivity contribution in [1.82, 2.24) is 10.2 Å². The number of hydrogen-bond donors (Lipinski definition) is 2. The fraction of sp³-hybridized carbons (Fsp3) is 0.438. The Kier molecular flexibility index (Phi) is 4.43. The van der Waals surface area contributed by atoms with E-state index in [1.54, 1.807) is 26.0 Å². The lowest BCUT2D eigenvalue weighted by molar-refractivity contribution is 0.416. The maximum atomic E-state index is 12.7. The van der Waals surface area contributed by atoms with Crippen molar-refractivity contribution in [3.63, 3.8) is 0 Å². The first-order valence-corrected chi connectivity index (χ1v) is 8.77. The number of methoxy groups -OCH3 is 1. The van der Waals surface area contributed by atoms with E-state index in [1.165, 1.54) is 7.11 Å². The fourth-order valence-electron chi connectivity index (χ4n) is 2.39. The average Bonchev–Trinajstić information content (AvgIpc) is 2.77. The first-order chi connectivity index (χ1) is 10.6. The third kappa shape index (κ3) is 3.50. The Morgan fingerprint density at radius 1 is 1.22 bits per heavy atom. The minimum Gasteiger partial charge on any atom is -0.495 e. The summed E-state index contributed by atoms with van der Waals surface area (Å²) in [6.07, 6.45) is 0. The molecule has 0 fully saturated rings. The first-order valence-electron chi connectivity index (χ1n) is 7.29. The van der Waals surface area contributed by atoms with Crippen molar-refractivity contribution >= 4 is 15.7 Å². The second-order valence-electron chi connectivity index (χ2n) is 6.53. The molecule has 0 aliphatic heterocycles. The van der Waals surface area contributed by atoms with Crippen LogP contribution < -0.4 is 9.46 Å². The third-order valence-corrected chi connectivity index (χ3v) is 5.27. The van der Waals surface area contributed by atoms with Crippen LogP contribution >= 0.6 is 0 Å². The van der Waals surface area contributed by atoms with Crippen LogP contribution in [0, 0.1) is 13.8 Å². The first kappa shape index (κ1) is 17.3. The second-order valence-corrected chi connectivity index (χ2v) is 8.15. The highest BCUT2D eigenvalue weighted by atomic mass is 32.2. The van der Waals surface area contributed by atoms with Crippen molar-refractivity contribution in [3.8, 4) is 5.75 Å². The van der Waals surface area contributed by atoms with E-state index in [0.717, 1.165) is 5.56 Å². The van der Waals surface area contributed by atoms with Gasteiger partial charge in [-0.25, -0.2) is 8.42 Å². The van der Waals surface area contributed by atoms with Gasteiger partial charge in [0.15, 0.2) is 0 Å². The largest absolute Gasteiger partial charge is 0.495 e. The minimum absolute atomic E-state index is 0.103. The zero-order valence-electron chi connectivity index (χ0n) is 14.3. The molecule has 1 aromatic carbocycles. The second kappa shape index (κ2) is 5.88. The van der Waals surface area contributed by atoms with Crippen LogP contribution in [0.3, 0.4) is 0 Å². The summed E-state index contributed by atoms with van der Waals surface area (Å²) in [7, 11) is -2.24. The minimum atomic E-state index is -3.75. The molecular weight excluding hydrogens is 314 g/mol. The van der Waals surface area contributed by atoms with Gasteiger partial charge in [0.1, 0.15) is 10.6 Å². The van der Waals surface area contributed by atoms with Crippen molar-refractivity contribution in [1.29, 1.82) is 0 Å². The molecule has 0 aliphatic carbocycles. The molecule has 0 aliphatic rings. The number of H-pyrrole nitrogens is 1. The molecule has 2 rings (SSSR count). The standard InChI is InChI=1S/C16H23N3O3S/c1-10-15(11(2)18-17-10)23(20,21)19-13-9-12(16(3,4)5)7-8-14(13)22-6/h7-9,19H,1-6H3,(H,17,18). The average molecular weight is 337 g/mol. The molecule has 0 spiro atoms. The molecule has 0 bridgehead atoms. The summed E-state index contributed by atoms with van der Waals surface area (Å²) in [5.74, 6) is 0.473. The quantitative estimate of drug-likeness (QED) is 0.898. The molecular formula is C16H23N3O3S. The Labute approximate surface area is 137 Å². The highest BCUT2D eigenvalue weighted by Crippen LogP contribution is 2.33. The van der Waals surface area contributed by atoms with Crippen molar-refractivity contribution in [2.45, 2.75) is 44.9 Å². The molecule has 0 saturated carbocycles. The van der Waals surface area contributed by atoms with E-state index >= 15 is 0 Å². The molecule has 0 atom stereocenters. The van der Waals surface area contributed by atoms with Crippen LogP contribution in [0.4, 0.5) is 5.69 Å². The highest BCUT2D eigenvalue weighted by Gasteiger charge is 2.24. The monoisotopic (exact) mass is 337 g/mol.